The molecule has 0 spiro atoms. The van der Waals surface area contributed by atoms with Gasteiger partial charge in [0, 0.05) is 18.5 Å². The normalized spacial score (nSPS) is 13.0. The number of carbonyl (C=O) groups is 1. The van der Waals surface area contributed by atoms with Crippen LogP contribution in [-0.2, 0) is 4.79 Å². The molecule has 4 N–H and O–H groups in total. The molecule has 0 bridgehead atoms. The zero-order valence-electron chi connectivity index (χ0n) is 14.1. The third kappa shape index (κ3) is 15.7. The van der Waals surface area contributed by atoms with Gasteiger partial charge in [-0.3, -0.25) is 9.79 Å². The smallest absolute Gasteiger partial charge is 0.222 e. The summed E-state index contributed by atoms with van der Waals surface area (Å²) in [4.78, 5) is 15.6. The van der Waals surface area contributed by atoms with Gasteiger partial charge >= 0.3 is 0 Å². The lowest BCUT2D eigenvalue weighted by Crippen LogP contribution is -2.38. The van der Waals surface area contributed by atoms with Crippen LogP contribution in [0.25, 0.3) is 0 Å². The summed E-state index contributed by atoms with van der Waals surface area (Å²) in [7, 11) is 0. The number of hydrogen-bond acceptors (Lipinski definition) is 2. The Morgan fingerprint density at radius 3 is 2.24 bits per heavy atom. The lowest BCUT2D eigenvalue weighted by Gasteiger charge is -2.15. The van der Waals surface area contributed by atoms with Crippen molar-refractivity contribution in [1.29, 1.82) is 0 Å². The highest BCUT2D eigenvalue weighted by molar-refractivity contribution is 14.0. The van der Waals surface area contributed by atoms with Crippen LogP contribution in [0.5, 0.6) is 0 Å². The Bertz CT molecular complexity index is 306. The number of halogens is 1. The average molecular weight is 412 g/mol. The number of guanidine groups is 1. The Morgan fingerprint density at radius 2 is 1.71 bits per heavy atom. The standard InChI is InChI=1S/C15H32N4O.HI/c1-11(2)7-6-8-13(5)19-15(16)17-10-9-14(20)18-12(3)4;/h11-13H,6-10H2,1-5H3,(H,18,20)(H3,16,17,19);1H. The molecule has 0 saturated carbocycles. The van der Waals surface area contributed by atoms with E-state index in [2.05, 4.69) is 36.4 Å². The first-order chi connectivity index (χ1) is 9.31. The van der Waals surface area contributed by atoms with Crippen LogP contribution in [0.2, 0.25) is 0 Å². The van der Waals surface area contributed by atoms with Gasteiger partial charge in [0.2, 0.25) is 5.91 Å². The van der Waals surface area contributed by atoms with Gasteiger partial charge in [0.15, 0.2) is 5.96 Å². The van der Waals surface area contributed by atoms with Crippen molar-refractivity contribution in [2.45, 2.75) is 72.4 Å². The lowest BCUT2D eigenvalue weighted by molar-refractivity contribution is -0.121. The minimum atomic E-state index is 0. The van der Waals surface area contributed by atoms with E-state index in [1.807, 2.05) is 13.8 Å². The predicted octanol–water partition coefficient (Wildman–Crippen LogP) is 2.64. The molecule has 126 valence electrons. The van der Waals surface area contributed by atoms with Crippen LogP contribution in [0.3, 0.4) is 0 Å². The molecule has 1 amide bonds. The van der Waals surface area contributed by atoms with E-state index >= 15 is 0 Å². The van der Waals surface area contributed by atoms with E-state index in [1.165, 1.54) is 12.8 Å². The fourth-order valence-electron chi connectivity index (χ4n) is 1.87. The molecule has 0 aromatic carbocycles. The zero-order valence-corrected chi connectivity index (χ0v) is 16.4. The van der Waals surface area contributed by atoms with E-state index in [4.69, 9.17) is 5.73 Å². The number of nitrogens with one attached hydrogen (secondary N) is 2. The van der Waals surface area contributed by atoms with Gasteiger partial charge in [-0.2, -0.15) is 0 Å². The summed E-state index contributed by atoms with van der Waals surface area (Å²) in [5, 5.41) is 5.99. The van der Waals surface area contributed by atoms with Crippen molar-refractivity contribution in [1.82, 2.24) is 10.6 Å². The second-order valence-corrected chi connectivity index (χ2v) is 6.11. The van der Waals surface area contributed by atoms with Crippen molar-refractivity contribution < 1.29 is 4.79 Å². The van der Waals surface area contributed by atoms with Gasteiger partial charge < -0.3 is 16.4 Å². The zero-order chi connectivity index (χ0) is 15.5. The molecule has 5 nitrogen and oxygen atoms in total. The van der Waals surface area contributed by atoms with Crippen molar-refractivity contribution in [2.75, 3.05) is 6.54 Å². The minimum absolute atomic E-state index is 0. The van der Waals surface area contributed by atoms with Crippen LogP contribution in [0.15, 0.2) is 4.99 Å². The van der Waals surface area contributed by atoms with Crippen LogP contribution in [0, 0.1) is 5.92 Å². The van der Waals surface area contributed by atoms with Gasteiger partial charge in [0.05, 0.1) is 6.54 Å². The van der Waals surface area contributed by atoms with Gasteiger partial charge in [-0.05, 0) is 33.1 Å². The number of hydrogen-bond donors (Lipinski definition) is 3. The molecule has 0 radical (unpaired) electrons. The molecule has 0 aliphatic carbocycles. The number of nitrogens with zero attached hydrogens (tertiary/aromatic N) is 1. The SMILES string of the molecule is CC(C)CCCC(C)NC(N)=NCCC(=O)NC(C)C.I. The second-order valence-electron chi connectivity index (χ2n) is 6.11. The first-order valence-corrected chi connectivity index (χ1v) is 7.67. The first kappa shape index (κ1) is 22.7. The highest BCUT2D eigenvalue weighted by Crippen LogP contribution is 2.07. The molecule has 1 atom stereocenters. The van der Waals surface area contributed by atoms with E-state index in [-0.39, 0.29) is 35.9 Å². The van der Waals surface area contributed by atoms with Gasteiger partial charge in [-0.25, -0.2) is 0 Å². The summed E-state index contributed by atoms with van der Waals surface area (Å²) in [6, 6.07) is 0.491. The molecule has 21 heavy (non-hydrogen) atoms. The second kappa shape index (κ2) is 13.2. The van der Waals surface area contributed by atoms with Crippen molar-refractivity contribution >= 4 is 35.8 Å². The Morgan fingerprint density at radius 1 is 1.10 bits per heavy atom. The van der Waals surface area contributed by atoms with Crippen LogP contribution in [0.4, 0.5) is 0 Å². The average Bonchev–Trinajstić information content (AvgIpc) is 2.26. The molecule has 0 rings (SSSR count). The number of rotatable bonds is 9. The molecule has 0 saturated heterocycles. The number of aliphatic imine (C=N–C) groups is 1. The maximum Gasteiger partial charge on any atom is 0.222 e. The van der Waals surface area contributed by atoms with E-state index in [0.29, 0.717) is 25.0 Å². The van der Waals surface area contributed by atoms with E-state index in [0.717, 1.165) is 12.3 Å². The number of carbonyl (C=O) groups excluding carboxylic acids is 1. The van der Waals surface area contributed by atoms with Gasteiger partial charge in [0.25, 0.3) is 0 Å². The van der Waals surface area contributed by atoms with Crippen LogP contribution < -0.4 is 16.4 Å². The molecule has 0 aliphatic rings. The highest BCUT2D eigenvalue weighted by atomic mass is 127. The number of nitrogens with two attached hydrogens (primary N) is 1. The third-order valence-corrected chi connectivity index (χ3v) is 2.88. The molecule has 0 aromatic heterocycles. The maximum atomic E-state index is 11.4. The Labute approximate surface area is 146 Å². The fraction of sp³-hybridized carbons (Fsp3) is 0.867. The van der Waals surface area contributed by atoms with Crippen molar-refractivity contribution in [3.05, 3.63) is 0 Å². The molecule has 0 aromatic rings. The quantitative estimate of drug-likeness (QED) is 0.310. The fourth-order valence-corrected chi connectivity index (χ4v) is 1.87. The summed E-state index contributed by atoms with van der Waals surface area (Å²) in [5.74, 6) is 1.19. The minimum Gasteiger partial charge on any atom is -0.370 e. The van der Waals surface area contributed by atoms with Crippen molar-refractivity contribution in [2.24, 2.45) is 16.6 Å². The summed E-state index contributed by atoms with van der Waals surface area (Å²) in [5.41, 5.74) is 5.80. The largest absolute Gasteiger partial charge is 0.370 e. The third-order valence-electron chi connectivity index (χ3n) is 2.88. The highest BCUT2D eigenvalue weighted by Gasteiger charge is 2.05. The van der Waals surface area contributed by atoms with Gasteiger partial charge in [0.1, 0.15) is 0 Å². The molecular weight excluding hydrogens is 379 g/mol. The topological polar surface area (TPSA) is 79.5 Å². The lowest BCUT2D eigenvalue weighted by atomic mass is 10.0. The maximum absolute atomic E-state index is 11.4. The van der Waals surface area contributed by atoms with Crippen LogP contribution in [-0.4, -0.2) is 30.5 Å². The van der Waals surface area contributed by atoms with Crippen molar-refractivity contribution in [3.63, 3.8) is 0 Å². The van der Waals surface area contributed by atoms with Crippen LogP contribution >= 0.6 is 24.0 Å². The molecule has 0 aliphatic heterocycles. The first-order valence-electron chi connectivity index (χ1n) is 7.67. The molecule has 0 heterocycles. The van der Waals surface area contributed by atoms with Gasteiger partial charge in [-0.1, -0.05) is 26.7 Å². The van der Waals surface area contributed by atoms with E-state index in [9.17, 15) is 4.79 Å². The Hall–Kier alpha value is -0.530. The summed E-state index contributed by atoms with van der Waals surface area (Å²) < 4.78 is 0. The number of amides is 1. The summed E-state index contributed by atoms with van der Waals surface area (Å²) in [6.07, 6.45) is 3.89. The van der Waals surface area contributed by atoms with Gasteiger partial charge in [-0.15, -0.1) is 24.0 Å². The summed E-state index contributed by atoms with van der Waals surface area (Å²) >= 11 is 0. The summed E-state index contributed by atoms with van der Waals surface area (Å²) in [6.45, 7) is 10.9. The monoisotopic (exact) mass is 412 g/mol. The molecule has 0 fully saturated rings. The molecular formula is C15H33IN4O. The van der Waals surface area contributed by atoms with E-state index < -0.39 is 0 Å². The molecule has 1 unspecified atom stereocenters. The Kier molecular flexibility index (Phi) is 14.2. The van der Waals surface area contributed by atoms with Crippen molar-refractivity contribution in [3.8, 4) is 0 Å². The molecule has 6 heteroatoms. The predicted molar refractivity (Wildman–Crippen MR) is 101 cm³/mol. The Balaban J connectivity index is 0. The van der Waals surface area contributed by atoms with E-state index in [1.54, 1.807) is 0 Å². The van der Waals surface area contributed by atoms with Crippen LogP contribution in [0.1, 0.15) is 60.3 Å².